The van der Waals surface area contributed by atoms with Crippen molar-refractivity contribution in [3.63, 3.8) is 0 Å². The minimum Gasteiger partial charge on any atom is -0.462 e. The highest BCUT2D eigenvalue weighted by Crippen LogP contribution is 2.11. The van der Waals surface area contributed by atoms with Crippen LogP contribution in [-0.2, 0) is 14.3 Å². The second-order valence-corrected chi connectivity index (χ2v) is 4.99. The Morgan fingerprint density at radius 2 is 1.88 bits per heavy atom. The molecule has 0 saturated carbocycles. The standard InChI is InChI=1S/C12H21BrO3/c1-4-5-6-7-8-9(2)16-12(15)11(13)10(3)14/h9,11H,4-8H2,1-3H3. The summed E-state index contributed by atoms with van der Waals surface area (Å²) in [6.07, 6.45) is 5.40. The van der Waals surface area contributed by atoms with Gasteiger partial charge in [0.2, 0.25) is 0 Å². The summed E-state index contributed by atoms with van der Waals surface area (Å²) in [7, 11) is 0. The quantitative estimate of drug-likeness (QED) is 0.299. The molecule has 0 spiro atoms. The molecule has 0 bridgehead atoms. The Morgan fingerprint density at radius 1 is 1.25 bits per heavy atom. The van der Waals surface area contributed by atoms with E-state index in [1.54, 1.807) is 0 Å². The topological polar surface area (TPSA) is 43.4 Å². The second-order valence-electron chi connectivity index (χ2n) is 4.07. The van der Waals surface area contributed by atoms with Gasteiger partial charge in [-0.1, -0.05) is 42.1 Å². The number of hydrogen-bond donors (Lipinski definition) is 0. The van der Waals surface area contributed by atoms with Gasteiger partial charge in [0.25, 0.3) is 0 Å². The third-order valence-electron chi connectivity index (χ3n) is 2.35. The molecular formula is C12H21BrO3. The smallest absolute Gasteiger partial charge is 0.327 e. The fraction of sp³-hybridized carbons (Fsp3) is 0.833. The summed E-state index contributed by atoms with van der Waals surface area (Å²) in [5.74, 6) is -0.696. The van der Waals surface area contributed by atoms with Crippen molar-refractivity contribution >= 4 is 27.7 Å². The predicted molar refractivity (Wildman–Crippen MR) is 67.7 cm³/mol. The van der Waals surface area contributed by atoms with Crippen LogP contribution in [0.1, 0.15) is 52.9 Å². The van der Waals surface area contributed by atoms with Gasteiger partial charge in [-0.15, -0.1) is 0 Å². The zero-order chi connectivity index (χ0) is 12.6. The highest BCUT2D eigenvalue weighted by Gasteiger charge is 2.22. The lowest BCUT2D eigenvalue weighted by molar-refractivity contribution is -0.149. The number of esters is 1. The Morgan fingerprint density at radius 3 is 2.38 bits per heavy atom. The molecule has 0 aromatic rings. The molecule has 0 amide bonds. The van der Waals surface area contributed by atoms with Crippen molar-refractivity contribution in [3.05, 3.63) is 0 Å². The molecule has 0 radical (unpaired) electrons. The molecule has 2 atom stereocenters. The van der Waals surface area contributed by atoms with Crippen LogP contribution in [0.15, 0.2) is 0 Å². The average Bonchev–Trinajstić information content (AvgIpc) is 2.23. The number of rotatable bonds is 8. The number of alkyl halides is 1. The number of carbonyl (C=O) groups excluding carboxylic acids is 2. The van der Waals surface area contributed by atoms with Gasteiger partial charge >= 0.3 is 5.97 Å². The summed E-state index contributed by atoms with van der Waals surface area (Å²) in [6, 6.07) is 0. The minimum absolute atomic E-state index is 0.108. The molecule has 2 unspecified atom stereocenters. The maximum atomic E-state index is 11.4. The molecule has 0 aliphatic rings. The Balaban J connectivity index is 3.74. The molecule has 0 saturated heterocycles. The van der Waals surface area contributed by atoms with E-state index in [1.165, 1.54) is 26.2 Å². The zero-order valence-corrected chi connectivity index (χ0v) is 11.9. The Labute approximate surface area is 106 Å². The van der Waals surface area contributed by atoms with Crippen LogP contribution in [0, 0.1) is 0 Å². The van der Waals surface area contributed by atoms with E-state index in [9.17, 15) is 9.59 Å². The van der Waals surface area contributed by atoms with E-state index >= 15 is 0 Å². The molecule has 94 valence electrons. The van der Waals surface area contributed by atoms with Crippen molar-refractivity contribution in [2.45, 2.75) is 63.8 Å². The maximum Gasteiger partial charge on any atom is 0.327 e. The summed E-state index contributed by atoms with van der Waals surface area (Å²) >= 11 is 3.01. The molecule has 0 aromatic carbocycles. The highest BCUT2D eigenvalue weighted by atomic mass is 79.9. The lowest BCUT2D eigenvalue weighted by Gasteiger charge is -2.14. The van der Waals surface area contributed by atoms with Gasteiger partial charge in [0, 0.05) is 0 Å². The first kappa shape index (κ1) is 15.6. The lowest BCUT2D eigenvalue weighted by Crippen LogP contribution is -2.27. The number of Topliss-reactive ketones (excluding diaryl/α,β-unsaturated/α-hetero) is 1. The Hall–Kier alpha value is -0.380. The van der Waals surface area contributed by atoms with E-state index in [-0.39, 0.29) is 11.9 Å². The van der Waals surface area contributed by atoms with Gasteiger partial charge < -0.3 is 4.74 Å². The summed E-state index contributed by atoms with van der Waals surface area (Å²) in [6.45, 7) is 5.39. The van der Waals surface area contributed by atoms with Crippen molar-refractivity contribution in [1.82, 2.24) is 0 Å². The van der Waals surface area contributed by atoms with Gasteiger partial charge in [-0.25, -0.2) is 0 Å². The molecule has 4 heteroatoms. The van der Waals surface area contributed by atoms with E-state index in [1.807, 2.05) is 6.92 Å². The van der Waals surface area contributed by atoms with Crippen molar-refractivity contribution in [2.24, 2.45) is 0 Å². The zero-order valence-electron chi connectivity index (χ0n) is 10.3. The summed E-state index contributed by atoms with van der Waals surface area (Å²) in [4.78, 5) is 21.5. The van der Waals surface area contributed by atoms with Crippen LogP contribution < -0.4 is 0 Å². The van der Waals surface area contributed by atoms with Gasteiger partial charge in [-0.2, -0.15) is 0 Å². The van der Waals surface area contributed by atoms with E-state index in [2.05, 4.69) is 22.9 Å². The van der Waals surface area contributed by atoms with Crippen molar-refractivity contribution in [1.29, 1.82) is 0 Å². The molecule has 16 heavy (non-hydrogen) atoms. The first-order valence-electron chi connectivity index (χ1n) is 5.84. The normalized spacial score (nSPS) is 14.2. The molecule has 3 nitrogen and oxygen atoms in total. The van der Waals surface area contributed by atoms with E-state index < -0.39 is 10.8 Å². The molecule has 0 aliphatic carbocycles. The largest absolute Gasteiger partial charge is 0.462 e. The molecule has 0 rings (SSSR count). The first-order valence-corrected chi connectivity index (χ1v) is 6.75. The SMILES string of the molecule is CCCCCCC(C)OC(=O)C(Br)C(C)=O. The fourth-order valence-corrected chi connectivity index (χ4v) is 1.45. The van der Waals surface area contributed by atoms with Gasteiger partial charge in [0.05, 0.1) is 6.10 Å². The molecule has 0 fully saturated rings. The molecular weight excluding hydrogens is 272 g/mol. The van der Waals surface area contributed by atoms with Gasteiger partial charge in [-0.05, 0) is 26.7 Å². The molecule has 0 N–H and O–H groups in total. The van der Waals surface area contributed by atoms with Crippen LogP contribution in [0.3, 0.4) is 0 Å². The Bertz CT molecular complexity index is 228. The van der Waals surface area contributed by atoms with Gasteiger partial charge in [0.1, 0.15) is 0 Å². The summed E-state index contributed by atoms with van der Waals surface area (Å²) in [5, 5.41) is 0. The minimum atomic E-state index is -0.814. The monoisotopic (exact) mass is 292 g/mol. The number of ketones is 1. The Kier molecular flexibility index (Phi) is 8.53. The number of carbonyl (C=O) groups is 2. The number of hydrogen-bond acceptors (Lipinski definition) is 3. The molecule has 0 aliphatic heterocycles. The highest BCUT2D eigenvalue weighted by molar-refractivity contribution is 9.10. The number of ether oxygens (including phenoxy) is 1. The van der Waals surface area contributed by atoms with Crippen LogP contribution >= 0.6 is 15.9 Å². The van der Waals surface area contributed by atoms with Crippen molar-refractivity contribution < 1.29 is 14.3 Å². The average molecular weight is 293 g/mol. The summed E-state index contributed by atoms with van der Waals surface area (Å²) < 4.78 is 5.15. The lowest BCUT2D eigenvalue weighted by atomic mass is 10.1. The predicted octanol–water partition coefficient (Wildman–Crippen LogP) is 3.24. The van der Waals surface area contributed by atoms with E-state index in [4.69, 9.17) is 4.74 Å². The fourth-order valence-electron chi connectivity index (χ4n) is 1.34. The van der Waals surface area contributed by atoms with Crippen LogP contribution in [0.25, 0.3) is 0 Å². The number of unbranched alkanes of at least 4 members (excludes halogenated alkanes) is 3. The van der Waals surface area contributed by atoms with Crippen LogP contribution in [0.2, 0.25) is 0 Å². The molecule has 0 aromatic heterocycles. The third kappa shape index (κ3) is 6.99. The first-order chi connectivity index (χ1) is 7.49. The van der Waals surface area contributed by atoms with Gasteiger partial charge in [0.15, 0.2) is 10.6 Å². The second kappa shape index (κ2) is 8.74. The van der Waals surface area contributed by atoms with E-state index in [0.29, 0.717) is 0 Å². The maximum absolute atomic E-state index is 11.4. The van der Waals surface area contributed by atoms with Crippen molar-refractivity contribution in [2.75, 3.05) is 0 Å². The van der Waals surface area contributed by atoms with Gasteiger partial charge in [-0.3, -0.25) is 9.59 Å². The van der Waals surface area contributed by atoms with Crippen molar-refractivity contribution in [3.8, 4) is 0 Å². The van der Waals surface area contributed by atoms with Crippen LogP contribution in [0.5, 0.6) is 0 Å². The summed E-state index contributed by atoms with van der Waals surface area (Å²) in [5.41, 5.74) is 0. The molecule has 0 heterocycles. The third-order valence-corrected chi connectivity index (χ3v) is 3.36. The van der Waals surface area contributed by atoms with E-state index in [0.717, 1.165) is 12.8 Å². The number of halogens is 1. The van der Waals surface area contributed by atoms with Crippen LogP contribution in [0.4, 0.5) is 0 Å². The van der Waals surface area contributed by atoms with Crippen LogP contribution in [-0.4, -0.2) is 22.7 Å².